The van der Waals surface area contributed by atoms with Crippen molar-refractivity contribution >= 4 is 151 Å². The van der Waals surface area contributed by atoms with E-state index >= 15 is 0 Å². The molecule has 562 valence electrons. The minimum atomic E-state index is 0.911. The van der Waals surface area contributed by atoms with Gasteiger partial charge in [0, 0.05) is 128 Å². The van der Waals surface area contributed by atoms with Crippen molar-refractivity contribution in [2.75, 3.05) is 0 Å². The SMILES string of the molecule is c1ccc(-c2ncc(-c3nc4ccccc4c4c3ccc3ccccc34)c3ccccc23)cc1.c1ccc(-n2c(-c3ccc(-c4ncc(-c5nc6ccccc6c6c5ccc5ccccc56)c5ccccc45)cc3)nc3ccccc32)cc1.c1ccc2c(-c3ncc(-c4nc5ccccc5c5c4ccc4ccccc45)c4ccccc34)cccc2c1. The van der Waals surface area contributed by atoms with Crippen molar-refractivity contribution in [3.63, 3.8) is 0 Å². The van der Waals surface area contributed by atoms with Crippen LogP contribution in [0.15, 0.2) is 425 Å². The van der Waals surface area contributed by atoms with Crippen molar-refractivity contribution < 1.29 is 0 Å². The van der Waals surface area contributed by atoms with Gasteiger partial charge < -0.3 is 0 Å². The normalized spacial score (nSPS) is 11.6. The van der Waals surface area contributed by atoms with Crippen molar-refractivity contribution in [2.24, 2.45) is 0 Å². The Bertz CT molecular complexity index is 8420. The molecule has 18 aromatic carbocycles. The lowest BCUT2D eigenvalue weighted by atomic mass is 9.92. The molecular formula is C113H70N8. The van der Waals surface area contributed by atoms with E-state index in [0.717, 1.165) is 166 Å². The molecular weight excluding hydrogens is 1470 g/mol. The third kappa shape index (κ3) is 12.0. The number of benzene rings is 18. The number of hydrogen-bond acceptors (Lipinski definition) is 7. The van der Waals surface area contributed by atoms with Crippen LogP contribution in [0.4, 0.5) is 0 Å². The van der Waals surface area contributed by atoms with Gasteiger partial charge in [-0.3, -0.25) is 19.5 Å². The zero-order valence-corrected chi connectivity index (χ0v) is 65.5. The first-order valence-corrected chi connectivity index (χ1v) is 41.0. The molecule has 8 nitrogen and oxygen atoms in total. The lowest BCUT2D eigenvalue weighted by molar-refractivity contribution is 1.10. The lowest BCUT2D eigenvalue weighted by Gasteiger charge is -2.16. The average Bonchev–Trinajstić information content (AvgIpc) is 1.40. The fraction of sp³-hybridized carbons (Fsp3) is 0. The smallest absolute Gasteiger partial charge is 0.145 e. The maximum Gasteiger partial charge on any atom is 0.145 e. The Balaban J connectivity index is 0.000000108. The highest BCUT2D eigenvalue weighted by molar-refractivity contribution is 6.27. The summed E-state index contributed by atoms with van der Waals surface area (Å²) < 4.78 is 2.23. The molecule has 25 rings (SSSR count). The number of rotatable bonds is 8. The van der Waals surface area contributed by atoms with E-state index in [2.05, 4.69) is 393 Å². The highest BCUT2D eigenvalue weighted by Crippen LogP contribution is 2.46. The van der Waals surface area contributed by atoms with E-state index in [4.69, 9.17) is 34.9 Å². The number of nitrogens with zero attached hydrogens (tertiary/aromatic N) is 8. The van der Waals surface area contributed by atoms with E-state index in [9.17, 15) is 0 Å². The molecule has 0 aliphatic carbocycles. The number of pyridine rings is 6. The van der Waals surface area contributed by atoms with Gasteiger partial charge in [-0.15, -0.1) is 0 Å². The van der Waals surface area contributed by atoms with Crippen LogP contribution in [-0.2, 0) is 0 Å². The molecule has 0 spiro atoms. The summed E-state index contributed by atoms with van der Waals surface area (Å²) in [5, 5.41) is 27.3. The Morgan fingerprint density at radius 1 is 0.165 bits per heavy atom. The summed E-state index contributed by atoms with van der Waals surface area (Å²) in [5.74, 6) is 0.911. The lowest BCUT2D eigenvalue weighted by Crippen LogP contribution is -1.97. The third-order valence-corrected chi connectivity index (χ3v) is 24.0. The van der Waals surface area contributed by atoms with Crippen LogP contribution in [0, 0.1) is 0 Å². The van der Waals surface area contributed by atoms with Crippen LogP contribution < -0.4 is 0 Å². The van der Waals surface area contributed by atoms with Crippen LogP contribution in [0.25, 0.3) is 236 Å². The molecule has 0 saturated carbocycles. The van der Waals surface area contributed by atoms with Gasteiger partial charge in [0.05, 0.1) is 61.7 Å². The van der Waals surface area contributed by atoms with Crippen molar-refractivity contribution in [1.82, 2.24) is 39.5 Å². The van der Waals surface area contributed by atoms with Crippen LogP contribution in [0.5, 0.6) is 0 Å². The van der Waals surface area contributed by atoms with E-state index < -0.39 is 0 Å². The van der Waals surface area contributed by atoms with Crippen molar-refractivity contribution in [3.8, 4) is 84.6 Å². The molecule has 7 aromatic heterocycles. The molecule has 0 bridgehead atoms. The zero-order chi connectivity index (χ0) is 79.9. The van der Waals surface area contributed by atoms with Gasteiger partial charge in [0.1, 0.15) is 5.82 Å². The maximum atomic E-state index is 5.28. The number of imidazole rings is 1. The van der Waals surface area contributed by atoms with Gasteiger partial charge in [-0.1, -0.05) is 364 Å². The molecule has 0 aliphatic heterocycles. The zero-order valence-electron chi connectivity index (χ0n) is 65.5. The van der Waals surface area contributed by atoms with E-state index in [-0.39, 0.29) is 0 Å². The molecule has 8 heteroatoms. The largest absolute Gasteiger partial charge is 0.292 e. The maximum absolute atomic E-state index is 5.28. The Morgan fingerprint density at radius 3 is 0.926 bits per heavy atom. The van der Waals surface area contributed by atoms with Crippen molar-refractivity contribution in [3.05, 3.63) is 425 Å². The Hall–Kier alpha value is -16.3. The molecule has 0 aliphatic rings. The Morgan fingerprint density at radius 2 is 0.479 bits per heavy atom. The molecule has 121 heavy (non-hydrogen) atoms. The fourth-order valence-corrected chi connectivity index (χ4v) is 18.5. The fourth-order valence-electron chi connectivity index (χ4n) is 18.5. The van der Waals surface area contributed by atoms with Crippen molar-refractivity contribution in [1.29, 1.82) is 0 Å². The Kier molecular flexibility index (Phi) is 17.1. The van der Waals surface area contributed by atoms with Gasteiger partial charge in [-0.25, -0.2) is 19.9 Å². The predicted octanol–water partition coefficient (Wildman–Crippen LogP) is 29.4. The van der Waals surface area contributed by atoms with Crippen LogP contribution >= 0.6 is 0 Å². The van der Waals surface area contributed by atoms with E-state index in [1.54, 1.807) is 0 Å². The van der Waals surface area contributed by atoms with Crippen LogP contribution in [-0.4, -0.2) is 39.5 Å². The highest BCUT2D eigenvalue weighted by Gasteiger charge is 2.24. The number of aromatic nitrogens is 8. The molecule has 0 atom stereocenters. The first-order chi connectivity index (χ1) is 60.1. The summed E-state index contributed by atoms with van der Waals surface area (Å²) >= 11 is 0. The number of para-hydroxylation sites is 6. The minimum absolute atomic E-state index is 0.911. The van der Waals surface area contributed by atoms with E-state index in [1.165, 1.54) is 70.0 Å². The second-order valence-corrected chi connectivity index (χ2v) is 30.8. The van der Waals surface area contributed by atoms with Gasteiger partial charge in [-0.2, -0.15) is 0 Å². The predicted molar refractivity (Wildman–Crippen MR) is 506 cm³/mol. The molecule has 0 fully saturated rings. The Labute approximate surface area is 696 Å². The standard InChI is InChI=1S/C45H28N4.C36H22N2.C32H20N2/c1-2-13-32(14-3-1)49-41-21-11-10-20-40(41)48-45(49)31-24-22-30(23-25-31)43-35-17-7-6-16-34(35)38(28-46-43)44-37-27-26-29-12-4-5-15-33(29)42(37)36-18-8-9-19-39(36)47-44;1-3-13-25-23(10-1)12-9-18-28(25)35-29-16-6-5-15-27(29)32(22-37-35)36-31-21-20-24-11-2-4-14-26(24)34(31)30-17-7-8-19-33(30)38-36;1-2-11-22(12-3-1)31-25-15-7-6-14-24(25)28(20-33-31)32-27-19-18-21-10-4-5-13-23(21)30(27)26-16-8-9-17-29(26)34-32/h1-28H;1-22H;1-20H. The van der Waals surface area contributed by atoms with E-state index in [0.29, 0.717) is 0 Å². The topological polar surface area (TPSA) is 95.2 Å². The van der Waals surface area contributed by atoms with Crippen LogP contribution in [0.2, 0.25) is 0 Å². The van der Waals surface area contributed by atoms with Gasteiger partial charge in [0.2, 0.25) is 0 Å². The van der Waals surface area contributed by atoms with Gasteiger partial charge >= 0.3 is 0 Å². The molecule has 7 heterocycles. The number of fused-ring (bicyclic) bond motifs is 20. The summed E-state index contributed by atoms with van der Waals surface area (Å²) in [4.78, 5) is 36.0. The van der Waals surface area contributed by atoms with E-state index in [1.807, 2.05) is 36.8 Å². The minimum Gasteiger partial charge on any atom is -0.292 e. The van der Waals surface area contributed by atoms with Gasteiger partial charge in [-0.05, 0) is 102 Å². The van der Waals surface area contributed by atoms with Crippen LogP contribution in [0.3, 0.4) is 0 Å². The third-order valence-electron chi connectivity index (χ3n) is 24.0. The van der Waals surface area contributed by atoms with Gasteiger partial charge in [0.25, 0.3) is 0 Å². The molecule has 0 amide bonds. The summed E-state index contributed by atoms with van der Waals surface area (Å²) in [6, 6.07) is 143. The number of hydrogen-bond donors (Lipinski definition) is 0. The molecule has 0 saturated heterocycles. The molecule has 0 radical (unpaired) electrons. The van der Waals surface area contributed by atoms with Gasteiger partial charge in [0.15, 0.2) is 0 Å². The average molecular weight is 1540 g/mol. The summed E-state index contributed by atoms with van der Waals surface area (Å²) in [7, 11) is 0. The van der Waals surface area contributed by atoms with Crippen LogP contribution in [0.1, 0.15) is 0 Å². The summed E-state index contributed by atoms with van der Waals surface area (Å²) in [6.07, 6.45) is 6.02. The molecule has 0 unspecified atom stereocenters. The quantitative estimate of drug-likeness (QED) is 0.140. The second-order valence-electron chi connectivity index (χ2n) is 30.8. The summed E-state index contributed by atoms with van der Waals surface area (Å²) in [5.41, 5.74) is 19.4. The second kappa shape index (κ2) is 29.5. The summed E-state index contributed by atoms with van der Waals surface area (Å²) in [6.45, 7) is 0. The first kappa shape index (κ1) is 70.1. The molecule has 25 aromatic rings. The first-order valence-electron chi connectivity index (χ1n) is 41.0. The highest BCUT2D eigenvalue weighted by atomic mass is 15.1. The monoisotopic (exact) mass is 1540 g/mol. The molecule has 0 N–H and O–H groups in total. The van der Waals surface area contributed by atoms with Crippen molar-refractivity contribution in [2.45, 2.75) is 0 Å².